The molecule has 0 amide bonds. The van der Waals surface area contributed by atoms with Crippen LogP contribution in [0.2, 0.25) is 0 Å². The summed E-state index contributed by atoms with van der Waals surface area (Å²) in [7, 11) is 0. The lowest BCUT2D eigenvalue weighted by Gasteiger charge is -2.61. The van der Waals surface area contributed by atoms with Gasteiger partial charge in [0.05, 0.1) is 18.1 Å². The molecule has 4 aliphatic rings. The first kappa shape index (κ1) is 38.6. The van der Waals surface area contributed by atoms with Crippen molar-refractivity contribution in [1.82, 2.24) is 0 Å². The van der Waals surface area contributed by atoms with E-state index in [9.17, 15) is 50.1 Å². The SMILES string of the molecule is CC(=O)OC(C)(C)CCC(=O)[C@](C)(O)[C@H]1[C@H](O)C[C@@]2(C)[C@@H]3CCc4c(cc(OC5OC(CO)C(O)C(O)C5O)c(O)c4C)[C@]3(C)C(=O)C[C@]12C. The van der Waals surface area contributed by atoms with Crippen molar-refractivity contribution >= 4 is 17.5 Å². The predicted molar refractivity (Wildman–Crippen MR) is 177 cm³/mol. The third-order valence-corrected chi connectivity index (χ3v) is 13.1. The fraction of sp³-hybridized carbons (Fsp3) is 0.757. The van der Waals surface area contributed by atoms with Crippen LogP contribution < -0.4 is 4.74 Å². The first-order valence-electron chi connectivity index (χ1n) is 17.5. The normalized spacial score (nSPS) is 39.5. The van der Waals surface area contributed by atoms with Crippen LogP contribution in [0.1, 0.15) is 97.3 Å². The van der Waals surface area contributed by atoms with Crippen LogP contribution in [0.5, 0.6) is 11.5 Å². The summed E-state index contributed by atoms with van der Waals surface area (Å²) in [4.78, 5) is 39.9. The van der Waals surface area contributed by atoms with Crippen molar-refractivity contribution in [3.63, 3.8) is 0 Å². The average molecular weight is 707 g/mol. The number of benzene rings is 1. The van der Waals surface area contributed by atoms with E-state index in [1.807, 2.05) is 20.8 Å². The van der Waals surface area contributed by atoms with Crippen LogP contribution >= 0.6 is 0 Å². The van der Waals surface area contributed by atoms with Crippen LogP contribution in [0.4, 0.5) is 0 Å². The van der Waals surface area contributed by atoms with Crippen LogP contribution in [0.15, 0.2) is 6.07 Å². The highest BCUT2D eigenvalue weighted by Gasteiger charge is 2.73. The maximum absolute atomic E-state index is 14.7. The molecule has 3 aliphatic carbocycles. The molecule has 0 spiro atoms. The van der Waals surface area contributed by atoms with Gasteiger partial charge in [0.1, 0.15) is 41.4 Å². The van der Waals surface area contributed by atoms with Gasteiger partial charge >= 0.3 is 5.97 Å². The molecule has 13 heteroatoms. The summed E-state index contributed by atoms with van der Waals surface area (Å²) in [5.74, 6) is -2.84. The van der Waals surface area contributed by atoms with Crippen molar-refractivity contribution in [2.75, 3.05) is 6.61 Å². The number of rotatable bonds is 9. The van der Waals surface area contributed by atoms with Gasteiger partial charge in [-0.05, 0) is 99.8 Å². The summed E-state index contributed by atoms with van der Waals surface area (Å²) in [6.07, 6.45) is -7.67. The first-order valence-corrected chi connectivity index (χ1v) is 17.5. The van der Waals surface area contributed by atoms with Gasteiger partial charge in [-0.15, -0.1) is 0 Å². The van der Waals surface area contributed by atoms with Crippen molar-refractivity contribution in [2.45, 2.75) is 147 Å². The molecule has 50 heavy (non-hydrogen) atoms. The number of phenolic OH excluding ortho intramolecular Hbond substituents is 1. The number of Topliss-reactive ketones (excluding diaryl/α,β-unsaturated/α-hetero) is 2. The van der Waals surface area contributed by atoms with Crippen molar-refractivity contribution in [3.8, 4) is 11.5 Å². The molecule has 7 N–H and O–H groups in total. The van der Waals surface area contributed by atoms with Crippen LogP contribution in [-0.4, -0.2) is 108 Å². The van der Waals surface area contributed by atoms with E-state index in [-0.39, 0.29) is 48.9 Å². The Morgan fingerprint density at radius 1 is 1.04 bits per heavy atom. The third-order valence-electron chi connectivity index (χ3n) is 13.1. The van der Waals surface area contributed by atoms with E-state index in [0.717, 1.165) is 5.56 Å². The van der Waals surface area contributed by atoms with Gasteiger partial charge in [0, 0.05) is 25.7 Å². The van der Waals surface area contributed by atoms with E-state index >= 15 is 0 Å². The smallest absolute Gasteiger partial charge is 0.303 e. The number of carbonyl (C=O) groups excluding carboxylic acids is 3. The van der Waals surface area contributed by atoms with Crippen LogP contribution in [0.25, 0.3) is 0 Å². The van der Waals surface area contributed by atoms with Crippen molar-refractivity contribution in [3.05, 3.63) is 22.8 Å². The van der Waals surface area contributed by atoms with E-state index in [1.165, 1.54) is 13.8 Å². The maximum Gasteiger partial charge on any atom is 0.303 e. The molecule has 280 valence electrons. The number of aliphatic hydroxyl groups excluding tert-OH is 5. The van der Waals surface area contributed by atoms with Crippen LogP contribution in [0, 0.1) is 29.6 Å². The molecular weight excluding hydrogens is 652 g/mol. The lowest BCUT2D eigenvalue weighted by atomic mass is 9.41. The van der Waals surface area contributed by atoms with E-state index in [0.29, 0.717) is 24.0 Å². The van der Waals surface area contributed by atoms with Gasteiger partial charge in [0.2, 0.25) is 6.29 Å². The molecule has 2 saturated carbocycles. The van der Waals surface area contributed by atoms with Gasteiger partial charge in [0.15, 0.2) is 17.3 Å². The zero-order chi connectivity index (χ0) is 37.5. The second-order valence-corrected chi connectivity index (χ2v) is 16.6. The fourth-order valence-electron chi connectivity index (χ4n) is 10.3. The second kappa shape index (κ2) is 12.8. The third kappa shape index (κ3) is 5.77. The van der Waals surface area contributed by atoms with Crippen LogP contribution in [0.3, 0.4) is 0 Å². The van der Waals surface area contributed by atoms with E-state index in [4.69, 9.17) is 14.2 Å². The quantitative estimate of drug-likeness (QED) is 0.181. The molecule has 1 saturated heterocycles. The Kier molecular flexibility index (Phi) is 9.86. The second-order valence-electron chi connectivity index (χ2n) is 16.6. The lowest BCUT2D eigenvalue weighted by molar-refractivity contribution is -0.277. The number of aromatic hydroxyl groups is 1. The topological polar surface area (TPSA) is 221 Å². The minimum atomic E-state index is -1.99. The fourth-order valence-corrected chi connectivity index (χ4v) is 10.3. The van der Waals surface area contributed by atoms with Gasteiger partial charge in [-0.25, -0.2) is 0 Å². The predicted octanol–water partition coefficient (Wildman–Crippen LogP) is 1.51. The van der Waals surface area contributed by atoms with Crippen molar-refractivity contribution < 1.29 is 64.3 Å². The molecule has 0 bridgehead atoms. The van der Waals surface area contributed by atoms with Gasteiger partial charge in [-0.2, -0.15) is 0 Å². The summed E-state index contributed by atoms with van der Waals surface area (Å²) in [6, 6.07) is 1.54. The number of esters is 1. The lowest BCUT2D eigenvalue weighted by Crippen LogP contribution is -2.63. The molecule has 0 aromatic heterocycles. The number of ketones is 2. The first-order chi connectivity index (χ1) is 23.0. The average Bonchev–Trinajstić information content (AvgIpc) is 3.22. The molecule has 1 heterocycles. The highest BCUT2D eigenvalue weighted by atomic mass is 16.7. The standard InChI is InChI=1S/C37H54O13/c1-17-19-9-10-24-34(5)14-21(40)31(37(8,47)25(41)11-12-33(3,4)50-18(2)39)35(34,6)15-26(42)36(24,7)20(19)13-22(27(17)43)48-32-30(46)29(45)28(44)23(16-38)49-32/h13,21,23-24,28-32,38,40,43-47H,9-12,14-16H2,1-8H3/t21-,23?,24+,28?,29?,30?,31+,32?,34+,35-,36+,37+/m1/s1. The largest absolute Gasteiger partial charge is 0.504 e. The molecule has 1 aliphatic heterocycles. The Hall–Kier alpha value is -2.65. The summed E-state index contributed by atoms with van der Waals surface area (Å²) in [5, 5.41) is 75.7. The summed E-state index contributed by atoms with van der Waals surface area (Å²) >= 11 is 0. The number of ether oxygens (including phenoxy) is 3. The van der Waals surface area contributed by atoms with Gasteiger partial charge in [-0.3, -0.25) is 14.4 Å². The Bertz CT molecular complexity index is 1540. The molecule has 13 nitrogen and oxygen atoms in total. The van der Waals surface area contributed by atoms with E-state index < -0.39 is 88.5 Å². The maximum atomic E-state index is 14.7. The molecule has 12 atom stereocenters. The van der Waals surface area contributed by atoms with Crippen LogP contribution in [-0.2, 0) is 35.7 Å². The minimum absolute atomic E-state index is 0.0527. The highest BCUT2D eigenvalue weighted by Crippen LogP contribution is 2.72. The molecule has 0 radical (unpaired) electrons. The number of carbonyl (C=O) groups is 3. The number of aliphatic hydroxyl groups is 6. The Balaban J connectivity index is 1.49. The number of hydrogen-bond donors (Lipinski definition) is 7. The van der Waals surface area contributed by atoms with Gasteiger partial charge < -0.3 is 50.0 Å². The van der Waals surface area contributed by atoms with Gasteiger partial charge in [0.25, 0.3) is 0 Å². The molecule has 1 aromatic rings. The zero-order valence-electron chi connectivity index (χ0n) is 30.2. The number of phenols is 1. The molecule has 3 fully saturated rings. The summed E-state index contributed by atoms with van der Waals surface area (Å²) in [6.45, 7) is 12.8. The Labute approximate surface area is 292 Å². The van der Waals surface area contributed by atoms with E-state index in [2.05, 4.69) is 0 Å². The molecule has 5 rings (SSSR count). The Morgan fingerprint density at radius 2 is 1.68 bits per heavy atom. The van der Waals surface area contributed by atoms with Crippen molar-refractivity contribution in [2.24, 2.45) is 22.7 Å². The Morgan fingerprint density at radius 3 is 2.28 bits per heavy atom. The van der Waals surface area contributed by atoms with Gasteiger partial charge in [-0.1, -0.05) is 13.8 Å². The molecule has 1 aromatic carbocycles. The number of fused-ring (bicyclic) bond motifs is 5. The molecule has 5 unspecified atom stereocenters. The van der Waals surface area contributed by atoms with Crippen molar-refractivity contribution in [1.29, 1.82) is 0 Å². The summed E-state index contributed by atoms with van der Waals surface area (Å²) in [5.41, 5.74) is -3.97. The zero-order valence-corrected chi connectivity index (χ0v) is 30.2. The minimum Gasteiger partial charge on any atom is -0.504 e. The number of hydrogen-bond acceptors (Lipinski definition) is 13. The monoisotopic (exact) mass is 706 g/mol. The van der Waals surface area contributed by atoms with E-state index in [1.54, 1.807) is 26.8 Å². The highest BCUT2D eigenvalue weighted by molar-refractivity contribution is 5.94. The summed E-state index contributed by atoms with van der Waals surface area (Å²) < 4.78 is 16.8. The molecular formula is C37H54O13.